The Hall–Kier alpha value is -3.53. The van der Waals surface area contributed by atoms with Gasteiger partial charge in [0.2, 0.25) is 5.72 Å². The molecule has 0 aliphatic carbocycles. The Morgan fingerprint density at radius 3 is 2.51 bits per heavy atom. The average molecular weight is 489 g/mol. The van der Waals surface area contributed by atoms with Gasteiger partial charge in [-0.15, -0.1) is 0 Å². The molecule has 10 heteroatoms. The normalized spacial score (nSPS) is 17.9. The van der Waals surface area contributed by atoms with Crippen LogP contribution < -0.4 is 4.74 Å². The number of benzene rings is 2. The summed E-state index contributed by atoms with van der Waals surface area (Å²) in [5.74, 6) is -0.477. The van der Waals surface area contributed by atoms with Crippen LogP contribution in [0.2, 0.25) is 0 Å². The topological polar surface area (TPSA) is 75.0 Å². The van der Waals surface area contributed by atoms with Crippen molar-refractivity contribution >= 4 is 22.5 Å². The summed E-state index contributed by atoms with van der Waals surface area (Å²) < 4.78 is 59.5. The maximum Gasteiger partial charge on any atom is 0.287 e. The number of amides is 1. The Bertz CT molecular complexity index is 1250. The number of nitrogens with zero attached hydrogens (tertiary/aromatic N) is 3. The van der Waals surface area contributed by atoms with Gasteiger partial charge in [-0.2, -0.15) is 10.1 Å². The van der Waals surface area contributed by atoms with E-state index in [-0.39, 0.29) is 10.6 Å². The number of hydrazone groups is 1. The molecule has 1 N–H and O–H groups in total. The molecule has 0 fully saturated rings. The number of carbonyl (C=O) groups excluding carboxylic acids is 1. The predicted octanol–water partition coefficient (Wildman–Crippen LogP) is 5.50. The molecule has 35 heavy (non-hydrogen) atoms. The number of ether oxygens (including phenoxy) is 1. The molecular formula is C25H23F4N3O3. The van der Waals surface area contributed by atoms with E-state index in [1.807, 2.05) is 0 Å². The fourth-order valence-electron chi connectivity index (χ4n) is 3.77. The number of hydrogen-bond acceptors (Lipinski definition) is 5. The van der Waals surface area contributed by atoms with Crippen LogP contribution in [0.5, 0.6) is 5.75 Å². The van der Waals surface area contributed by atoms with E-state index in [0.717, 1.165) is 12.8 Å². The summed E-state index contributed by atoms with van der Waals surface area (Å²) in [5, 5.41) is 14.2. The molecule has 1 aliphatic rings. The number of hydrogen-bond donors (Lipinski definition) is 1. The monoisotopic (exact) mass is 489 g/mol. The molecule has 184 valence electrons. The molecule has 1 aliphatic heterocycles. The molecule has 1 aromatic heterocycles. The first kappa shape index (κ1) is 24.6. The van der Waals surface area contributed by atoms with Crippen molar-refractivity contribution in [3.05, 3.63) is 60.2 Å². The number of pyridine rings is 1. The molecule has 0 saturated carbocycles. The molecule has 2 aromatic carbocycles. The van der Waals surface area contributed by atoms with E-state index >= 15 is 0 Å². The van der Waals surface area contributed by atoms with Gasteiger partial charge in [0.05, 0.1) is 23.4 Å². The number of unbranched alkanes of at least 4 members (excludes halogenated alkanes) is 1. The molecule has 0 unspecified atom stereocenters. The van der Waals surface area contributed by atoms with E-state index in [0.29, 0.717) is 34.5 Å². The van der Waals surface area contributed by atoms with Crippen molar-refractivity contribution in [2.75, 3.05) is 6.61 Å². The van der Waals surface area contributed by atoms with Crippen molar-refractivity contribution in [2.45, 2.75) is 44.8 Å². The minimum atomic E-state index is -3.51. The van der Waals surface area contributed by atoms with Crippen LogP contribution in [0.15, 0.2) is 59.7 Å². The summed E-state index contributed by atoms with van der Waals surface area (Å²) >= 11 is 0. The van der Waals surface area contributed by atoms with Crippen LogP contribution >= 0.6 is 0 Å². The second-order valence-electron chi connectivity index (χ2n) is 8.16. The lowest BCUT2D eigenvalue weighted by molar-refractivity contribution is -0.164. The van der Waals surface area contributed by atoms with Gasteiger partial charge in [0.15, 0.2) is 0 Å². The number of alkyl halides is 4. The SMILES string of the molecule is CCCCOc1ccc(-c2cc(C(=O)N3N=C(C(F)F)C[C@@]3(O)C(F)F)c3ccccc3n2)cc1. The second-order valence-corrected chi connectivity index (χ2v) is 8.16. The maximum absolute atomic E-state index is 13.7. The molecule has 0 radical (unpaired) electrons. The van der Waals surface area contributed by atoms with Crippen LogP contribution in [-0.2, 0) is 0 Å². The predicted molar refractivity (Wildman–Crippen MR) is 123 cm³/mol. The zero-order valence-corrected chi connectivity index (χ0v) is 18.8. The highest BCUT2D eigenvalue weighted by Gasteiger charge is 2.53. The highest BCUT2D eigenvalue weighted by Crippen LogP contribution is 2.36. The van der Waals surface area contributed by atoms with Crippen molar-refractivity contribution in [3.8, 4) is 17.0 Å². The first-order valence-electron chi connectivity index (χ1n) is 11.1. The van der Waals surface area contributed by atoms with Gasteiger partial charge in [-0.05, 0) is 42.8 Å². The van der Waals surface area contributed by atoms with E-state index in [1.54, 1.807) is 48.5 Å². The lowest BCUT2D eigenvalue weighted by Crippen LogP contribution is -2.51. The van der Waals surface area contributed by atoms with Crippen LogP contribution in [0, 0.1) is 0 Å². The number of halogens is 4. The van der Waals surface area contributed by atoms with Crippen LogP contribution in [0.4, 0.5) is 17.6 Å². The lowest BCUT2D eigenvalue weighted by Gasteiger charge is -2.30. The smallest absolute Gasteiger partial charge is 0.287 e. The zero-order chi connectivity index (χ0) is 25.2. The van der Waals surface area contributed by atoms with E-state index in [4.69, 9.17) is 4.74 Å². The molecule has 1 atom stereocenters. The standard InChI is InChI=1S/C25H23F4N3O3/c1-2-3-12-35-16-10-8-15(9-11-16)20-13-18(17-6-4-5-7-19(17)30-20)23(33)32-25(34,24(28)29)14-21(31-32)22(26)27/h4-11,13,22,24,34H,2-3,12,14H2,1H3/t25-/m1/s1. The minimum Gasteiger partial charge on any atom is -0.494 e. The van der Waals surface area contributed by atoms with Crippen LogP contribution in [-0.4, -0.2) is 51.9 Å². The second kappa shape index (κ2) is 9.99. The van der Waals surface area contributed by atoms with Crippen molar-refractivity contribution in [2.24, 2.45) is 5.10 Å². The molecule has 0 bridgehead atoms. The Kier molecular flexibility index (Phi) is 7.02. The maximum atomic E-state index is 13.7. The average Bonchev–Trinajstić information content (AvgIpc) is 3.23. The zero-order valence-electron chi connectivity index (χ0n) is 18.8. The third-order valence-corrected chi connectivity index (χ3v) is 5.69. The van der Waals surface area contributed by atoms with Crippen LogP contribution in [0.1, 0.15) is 36.5 Å². The van der Waals surface area contributed by atoms with Crippen molar-refractivity contribution < 1.29 is 32.2 Å². The van der Waals surface area contributed by atoms with E-state index < -0.39 is 36.6 Å². The van der Waals surface area contributed by atoms with Crippen molar-refractivity contribution in [3.63, 3.8) is 0 Å². The van der Waals surface area contributed by atoms with Crippen LogP contribution in [0.3, 0.4) is 0 Å². The molecule has 2 heterocycles. The summed E-state index contributed by atoms with van der Waals surface area (Å²) in [5.41, 5.74) is -2.91. The van der Waals surface area contributed by atoms with E-state index in [2.05, 4.69) is 17.0 Å². The highest BCUT2D eigenvalue weighted by molar-refractivity contribution is 6.08. The summed E-state index contributed by atoms with van der Waals surface area (Å²) in [6, 6.07) is 14.9. The third kappa shape index (κ3) is 4.84. The number of aliphatic hydroxyl groups is 1. The van der Waals surface area contributed by atoms with Gasteiger partial charge in [-0.1, -0.05) is 31.5 Å². The summed E-state index contributed by atoms with van der Waals surface area (Å²) in [7, 11) is 0. The molecule has 1 amide bonds. The van der Waals surface area contributed by atoms with Gasteiger partial charge in [0, 0.05) is 17.4 Å². The number of rotatable bonds is 8. The van der Waals surface area contributed by atoms with E-state index in [1.165, 1.54) is 6.07 Å². The van der Waals surface area contributed by atoms with Gasteiger partial charge in [-0.25, -0.2) is 22.5 Å². The number of aromatic nitrogens is 1. The molecule has 6 nitrogen and oxygen atoms in total. The Balaban J connectivity index is 1.76. The molecule has 4 rings (SSSR count). The summed E-state index contributed by atoms with van der Waals surface area (Å²) in [6.45, 7) is 2.63. The van der Waals surface area contributed by atoms with Crippen LogP contribution in [0.25, 0.3) is 22.2 Å². The summed E-state index contributed by atoms with van der Waals surface area (Å²) in [6.07, 6.45) is -5.95. The first-order chi connectivity index (χ1) is 16.7. The summed E-state index contributed by atoms with van der Waals surface area (Å²) in [4.78, 5) is 17.9. The Morgan fingerprint density at radius 1 is 1.14 bits per heavy atom. The highest BCUT2D eigenvalue weighted by atomic mass is 19.3. The number of carbonyl (C=O) groups is 1. The number of fused-ring (bicyclic) bond motifs is 1. The lowest BCUT2D eigenvalue weighted by atomic mass is 10.0. The van der Waals surface area contributed by atoms with Gasteiger partial charge in [0.1, 0.15) is 11.5 Å². The largest absolute Gasteiger partial charge is 0.494 e. The number of para-hydroxylation sites is 1. The molecule has 0 saturated heterocycles. The fraction of sp³-hybridized carbons (Fsp3) is 0.320. The Labute approximate surface area is 198 Å². The molecular weight excluding hydrogens is 466 g/mol. The fourth-order valence-corrected chi connectivity index (χ4v) is 3.77. The van der Waals surface area contributed by atoms with Gasteiger partial charge in [0.25, 0.3) is 18.8 Å². The van der Waals surface area contributed by atoms with Gasteiger partial charge >= 0.3 is 0 Å². The van der Waals surface area contributed by atoms with Crippen molar-refractivity contribution in [1.82, 2.24) is 9.99 Å². The van der Waals surface area contributed by atoms with Gasteiger partial charge in [-0.3, -0.25) is 4.79 Å². The molecule has 0 spiro atoms. The third-order valence-electron chi connectivity index (χ3n) is 5.69. The Morgan fingerprint density at radius 2 is 1.86 bits per heavy atom. The van der Waals surface area contributed by atoms with Gasteiger partial charge < -0.3 is 9.84 Å². The molecule has 3 aromatic rings. The van der Waals surface area contributed by atoms with Crippen molar-refractivity contribution in [1.29, 1.82) is 0 Å². The quantitative estimate of drug-likeness (QED) is 0.335. The van der Waals surface area contributed by atoms with E-state index in [9.17, 15) is 27.5 Å². The first-order valence-corrected chi connectivity index (χ1v) is 11.1. The minimum absolute atomic E-state index is 0.0649.